The van der Waals surface area contributed by atoms with Crippen molar-refractivity contribution in [3.05, 3.63) is 34.5 Å². The van der Waals surface area contributed by atoms with E-state index in [9.17, 15) is 19.8 Å². The van der Waals surface area contributed by atoms with E-state index in [1.807, 2.05) is 13.0 Å². The van der Waals surface area contributed by atoms with Crippen molar-refractivity contribution in [2.75, 3.05) is 13.1 Å². The second-order valence-electron chi connectivity index (χ2n) is 6.04. The van der Waals surface area contributed by atoms with Crippen molar-refractivity contribution in [3.8, 4) is 0 Å². The molecule has 6 heteroatoms. The molecule has 2 aromatic rings. The van der Waals surface area contributed by atoms with Gasteiger partial charge in [0, 0.05) is 30.6 Å². The lowest BCUT2D eigenvalue weighted by Crippen LogP contribution is -2.31. The van der Waals surface area contributed by atoms with Gasteiger partial charge in [0.05, 0.1) is 11.1 Å². The number of aliphatic carboxylic acids is 1. The molecule has 23 heavy (non-hydrogen) atoms. The van der Waals surface area contributed by atoms with Crippen molar-refractivity contribution in [1.82, 2.24) is 9.47 Å². The molecule has 122 valence electrons. The molecule has 0 unspecified atom stereocenters. The monoisotopic (exact) mass is 316 g/mol. The number of fused-ring (bicyclic) bond motifs is 3. The average molecular weight is 316 g/mol. The summed E-state index contributed by atoms with van der Waals surface area (Å²) >= 11 is 0. The largest absolute Gasteiger partial charge is 0.480 e. The van der Waals surface area contributed by atoms with Gasteiger partial charge in [0.25, 0.3) is 0 Å². The SMILES string of the molecule is CCN1CCc2c(c3cc(C)cc(C(=O)O)c3n2CC(=O)O)C1. The summed E-state index contributed by atoms with van der Waals surface area (Å²) in [7, 11) is 0. The molecule has 0 spiro atoms. The van der Waals surface area contributed by atoms with E-state index >= 15 is 0 Å². The number of carboxylic acid groups (broad SMARTS) is 2. The van der Waals surface area contributed by atoms with Gasteiger partial charge in [-0.3, -0.25) is 9.69 Å². The molecule has 1 aliphatic heterocycles. The molecule has 0 atom stereocenters. The van der Waals surface area contributed by atoms with E-state index in [-0.39, 0.29) is 12.1 Å². The molecule has 0 aliphatic carbocycles. The number of nitrogens with zero attached hydrogens (tertiary/aromatic N) is 2. The van der Waals surface area contributed by atoms with Crippen LogP contribution in [0, 0.1) is 6.92 Å². The Morgan fingerprint density at radius 2 is 2.00 bits per heavy atom. The maximum absolute atomic E-state index is 11.7. The van der Waals surface area contributed by atoms with Gasteiger partial charge in [0.2, 0.25) is 0 Å². The van der Waals surface area contributed by atoms with Gasteiger partial charge in [-0.25, -0.2) is 4.79 Å². The zero-order valence-corrected chi connectivity index (χ0v) is 13.3. The Bertz CT molecular complexity index is 807. The fourth-order valence-corrected chi connectivity index (χ4v) is 3.52. The smallest absolute Gasteiger partial charge is 0.337 e. The Kier molecular flexibility index (Phi) is 3.85. The fraction of sp³-hybridized carbons (Fsp3) is 0.412. The van der Waals surface area contributed by atoms with E-state index in [2.05, 4.69) is 11.8 Å². The van der Waals surface area contributed by atoms with Gasteiger partial charge in [-0.1, -0.05) is 6.92 Å². The van der Waals surface area contributed by atoms with Crippen molar-refractivity contribution >= 4 is 22.8 Å². The first-order valence-corrected chi connectivity index (χ1v) is 7.74. The van der Waals surface area contributed by atoms with Crippen LogP contribution in [0.1, 0.15) is 34.1 Å². The molecule has 1 aromatic carbocycles. The van der Waals surface area contributed by atoms with Crippen LogP contribution in [0.2, 0.25) is 0 Å². The lowest BCUT2D eigenvalue weighted by atomic mass is 10.0. The van der Waals surface area contributed by atoms with Gasteiger partial charge in [-0.05, 0) is 36.7 Å². The number of hydrogen-bond donors (Lipinski definition) is 2. The number of likely N-dealkylation sites (N-methyl/N-ethyl adjacent to an activating group) is 1. The summed E-state index contributed by atoms with van der Waals surface area (Å²) in [6, 6.07) is 3.59. The molecule has 0 bridgehead atoms. The molecule has 1 aliphatic rings. The topological polar surface area (TPSA) is 82.8 Å². The third-order valence-electron chi connectivity index (χ3n) is 4.54. The van der Waals surface area contributed by atoms with Crippen LogP contribution in [0.5, 0.6) is 0 Å². The summed E-state index contributed by atoms with van der Waals surface area (Å²) in [5, 5.41) is 19.7. The third-order valence-corrected chi connectivity index (χ3v) is 4.54. The second-order valence-corrected chi connectivity index (χ2v) is 6.04. The van der Waals surface area contributed by atoms with Gasteiger partial charge in [0.1, 0.15) is 6.54 Å². The molecule has 0 amide bonds. The minimum Gasteiger partial charge on any atom is -0.480 e. The predicted octanol–water partition coefficient (Wildman–Crippen LogP) is 2.11. The molecular weight excluding hydrogens is 296 g/mol. The van der Waals surface area contributed by atoms with Crippen LogP contribution in [0.15, 0.2) is 12.1 Å². The van der Waals surface area contributed by atoms with E-state index in [0.29, 0.717) is 5.52 Å². The summed E-state index contributed by atoms with van der Waals surface area (Å²) in [4.78, 5) is 25.2. The second kappa shape index (κ2) is 5.70. The molecule has 0 fully saturated rings. The fourth-order valence-electron chi connectivity index (χ4n) is 3.52. The summed E-state index contributed by atoms with van der Waals surface area (Å²) in [6.45, 7) is 6.27. The molecule has 0 radical (unpaired) electrons. The molecule has 1 aromatic heterocycles. The Morgan fingerprint density at radius 1 is 1.26 bits per heavy atom. The summed E-state index contributed by atoms with van der Waals surface area (Å²) < 4.78 is 1.68. The molecule has 0 saturated carbocycles. The average Bonchev–Trinajstić information content (AvgIpc) is 2.79. The highest BCUT2D eigenvalue weighted by Crippen LogP contribution is 2.34. The highest BCUT2D eigenvalue weighted by molar-refractivity contribution is 6.04. The van der Waals surface area contributed by atoms with Gasteiger partial charge >= 0.3 is 11.9 Å². The normalized spacial score (nSPS) is 14.9. The molecule has 0 saturated heterocycles. The molecule has 3 rings (SSSR count). The molecule has 2 N–H and O–H groups in total. The highest BCUT2D eigenvalue weighted by Gasteiger charge is 2.27. The van der Waals surface area contributed by atoms with Crippen LogP contribution in [-0.2, 0) is 24.3 Å². The van der Waals surface area contributed by atoms with Crippen LogP contribution < -0.4 is 0 Å². The van der Waals surface area contributed by atoms with Crippen molar-refractivity contribution in [2.45, 2.75) is 33.4 Å². The third kappa shape index (κ3) is 2.59. The maximum Gasteiger partial charge on any atom is 0.337 e. The Hall–Kier alpha value is -2.34. The number of hydrogen-bond acceptors (Lipinski definition) is 3. The quantitative estimate of drug-likeness (QED) is 0.902. The first-order valence-electron chi connectivity index (χ1n) is 7.74. The van der Waals surface area contributed by atoms with E-state index in [1.165, 1.54) is 0 Å². The molecule has 6 nitrogen and oxygen atoms in total. The zero-order chi connectivity index (χ0) is 16.7. The van der Waals surface area contributed by atoms with Crippen LogP contribution >= 0.6 is 0 Å². The Labute approximate surface area is 133 Å². The zero-order valence-electron chi connectivity index (χ0n) is 13.3. The van der Waals surface area contributed by atoms with Crippen molar-refractivity contribution in [2.24, 2.45) is 0 Å². The van der Waals surface area contributed by atoms with E-state index < -0.39 is 11.9 Å². The van der Waals surface area contributed by atoms with Crippen LogP contribution in [-0.4, -0.2) is 44.7 Å². The number of carboxylic acids is 2. The van der Waals surface area contributed by atoms with E-state index in [0.717, 1.165) is 48.3 Å². The minimum absolute atomic E-state index is 0.179. The Morgan fingerprint density at radius 3 is 2.61 bits per heavy atom. The number of aromatic carboxylic acids is 1. The number of carbonyl (C=O) groups is 2. The van der Waals surface area contributed by atoms with Crippen molar-refractivity contribution < 1.29 is 19.8 Å². The van der Waals surface area contributed by atoms with Gasteiger partial charge in [0.15, 0.2) is 0 Å². The van der Waals surface area contributed by atoms with Crippen LogP contribution in [0.4, 0.5) is 0 Å². The van der Waals surface area contributed by atoms with Crippen LogP contribution in [0.3, 0.4) is 0 Å². The Balaban J connectivity index is 2.34. The standard InChI is InChI=1S/C17H20N2O4/c1-3-18-5-4-14-13(8-18)11-6-10(2)7-12(17(22)23)16(11)19(14)9-15(20)21/h6-7H,3-5,8-9H2,1-2H3,(H,20,21)(H,22,23). The predicted molar refractivity (Wildman–Crippen MR) is 85.9 cm³/mol. The van der Waals surface area contributed by atoms with Crippen molar-refractivity contribution in [3.63, 3.8) is 0 Å². The minimum atomic E-state index is -1.02. The van der Waals surface area contributed by atoms with Gasteiger partial charge in [-0.2, -0.15) is 0 Å². The summed E-state index contributed by atoms with van der Waals surface area (Å²) in [6.07, 6.45) is 0.739. The van der Waals surface area contributed by atoms with E-state index in [1.54, 1.807) is 10.6 Å². The van der Waals surface area contributed by atoms with Crippen molar-refractivity contribution in [1.29, 1.82) is 0 Å². The maximum atomic E-state index is 11.7. The highest BCUT2D eigenvalue weighted by atomic mass is 16.4. The van der Waals surface area contributed by atoms with E-state index in [4.69, 9.17) is 0 Å². The number of aryl methyl sites for hydroxylation is 1. The first kappa shape index (κ1) is 15.6. The summed E-state index contributed by atoms with van der Waals surface area (Å²) in [5.74, 6) is -1.98. The van der Waals surface area contributed by atoms with Crippen LogP contribution in [0.25, 0.3) is 10.9 Å². The van der Waals surface area contributed by atoms with Gasteiger partial charge < -0.3 is 14.8 Å². The lowest BCUT2D eigenvalue weighted by Gasteiger charge is -2.26. The number of benzene rings is 1. The molecular formula is C17H20N2O4. The lowest BCUT2D eigenvalue weighted by molar-refractivity contribution is -0.137. The first-order chi connectivity index (χ1) is 10.9. The number of rotatable bonds is 4. The summed E-state index contributed by atoms with van der Waals surface area (Å²) in [5.41, 5.74) is 3.62. The number of aromatic nitrogens is 1. The molecule has 2 heterocycles. The van der Waals surface area contributed by atoms with Gasteiger partial charge in [-0.15, -0.1) is 0 Å².